The Morgan fingerprint density at radius 3 is 2.41 bits per heavy atom. The number of hydrogen-bond donors (Lipinski definition) is 0. The van der Waals surface area contributed by atoms with Gasteiger partial charge in [0.25, 0.3) is 0 Å². The monoisotopic (exact) mass is 235 g/mol. The molecule has 1 aliphatic heterocycles. The quantitative estimate of drug-likeness (QED) is 0.754. The largest absolute Gasteiger partial charge is 0.306 e. The molecule has 0 bridgehead atoms. The summed E-state index contributed by atoms with van der Waals surface area (Å²) in [4.78, 5) is 2.34. The van der Waals surface area contributed by atoms with Gasteiger partial charge in [-0.15, -0.1) is 0 Å². The Hall–Kier alpha value is -0.890. The van der Waals surface area contributed by atoms with Crippen molar-refractivity contribution < 1.29 is 4.39 Å². The van der Waals surface area contributed by atoms with Crippen LogP contribution in [0, 0.1) is 5.82 Å². The summed E-state index contributed by atoms with van der Waals surface area (Å²) in [5.41, 5.74) is 2.02. The zero-order valence-corrected chi connectivity index (χ0v) is 11.0. The van der Waals surface area contributed by atoms with E-state index in [4.69, 9.17) is 0 Å². The van der Waals surface area contributed by atoms with Crippen LogP contribution in [0.25, 0.3) is 0 Å². The third-order valence-electron chi connectivity index (χ3n) is 3.84. The lowest BCUT2D eigenvalue weighted by atomic mass is 9.88. The first-order chi connectivity index (χ1) is 8.08. The van der Waals surface area contributed by atoms with Gasteiger partial charge in [-0.2, -0.15) is 0 Å². The minimum absolute atomic E-state index is 0.0311. The van der Waals surface area contributed by atoms with Crippen molar-refractivity contribution in [3.63, 3.8) is 0 Å². The second-order valence-corrected chi connectivity index (χ2v) is 5.51. The van der Waals surface area contributed by atoms with E-state index in [1.165, 1.54) is 5.56 Å². The summed E-state index contributed by atoms with van der Waals surface area (Å²) in [7, 11) is 2.15. The molecule has 0 amide bonds. The van der Waals surface area contributed by atoms with Crippen LogP contribution < -0.4 is 0 Å². The lowest BCUT2D eigenvalue weighted by Gasteiger charge is -2.29. The van der Waals surface area contributed by atoms with Crippen molar-refractivity contribution in [1.29, 1.82) is 0 Å². The van der Waals surface area contributed by atoms with Gasteiger partial charge in [-0.25, -0.2) is 4.39 Å². The van der Waals surface area contributed by atoms with E-state index in [-0.39, 0.29) is 11.7 Å². The first kappa shape index (κ1) is 12.6. The molecule has 0 aliphatic carbocycles. The number of rotatable bonds is 2. The van der Waals surface area contributed by atoms with Gasteiger partial charge in [0.1, 0.15) is 5.82 Å². The predicted molar refractivity (Wildman–Crippen MR) is 70.0 cm³/mol. The Labute approximate surface area is 104 Å². The molecule has 0 spiro atoms. The van der Waals surface area contributed by atoms with Crippen molar-refractivity contribution in [2.45, 2.75) is 38.5 Å². The van der Waals surface area contributed by atoms with Crippen LogP contribution in [-0.2, 0) is 0 Å². The fraction of sp³-hybridized carbons (Fsp3) is 0.600. The normalized spacial score (nSPS) is 18.9. The third kappa shape index (κ3) is 2.86. The summed E-state index contributed by atoms with van der Waals surface area (Å²) in [6, 6.07) is 5.84. The summed E-state index contributed by atoms with van der Waals surface area (Å²) in [6.07, 6.45) is 2.30. The Morgan fingerprint density at radius 1 is 1.24 bits per heavy atom. The van der Waals surface area contributed by atoms with Gasteiger partial charge in [-0.3, -0.25) is 0 Å². The van der Waals surface area contributed by atoms with Crippen molar-refractivity contribution in [1.82, 2.24) is 4.90 Å². The average molecular weight is 235 g/mol. The maximum Gasteiger partial charge on any atom is 0.126 e. The van der Waals surface area contributed by atoms with E-state index >= 15 is 0 Å². The number of hydrogen-bond acceptors (Lipinski definition) is 1. The first-order valence-electron chi connectivity index (χ1n) is 6.56. The topological polar surface area (TPSA) is 3.24 Å². The summed E-state index contributed by atoms with van der Waals surface area (Å²) < 4.78 is 13.9. The van der Waals surface area contributed by atoms with Gasteiger partial charge in [0.05, 0.1) is 0 Å². The van der Waals surface area contributed by atoms with E-state index in [2.05, 4.69) is 18.0 Å². The van der Waals surface area contributed by atoms with E-state index in [0.717, 1.165) is 31.5 Å². The summed E-state index contributed by atoms with van der Waals surface area (Å²) in [5, 5.41) is 0. The Morgan fingerprint density at radius 2 is 1.88 bits per heavy atom. The second-order valence-electron chi connectivity index (χ2n) is 5.51. The van der Waals surface area contributed by atoms with E-state index in [1.54, 1.807) is 6.07 Å². The molecule has 1 saturated heterocycles. The van der Waals surface area contributed by atoms with Gasteiger partial charge in [0.15, 0.2) is 0 Å². The Balaban J connectivity index is 2.14. The number of halogens is 1. The molecule has 17 heavy (non-hydrogen) atoms. The smallest absolute Gasteiger partial charge is 0.126 e. The molecule has 1 heterocycles. The van der Waals surface area contributed by atoms with E-state index in [0.29, 0.717) is 5.92 Å². The Kier molecular flexibility index (Phi) is 3.82. The van der Waals surface area contributed by atoms with Crippen LogP contribution in [0.5, 0.6) is 0 Å². The van der Waals surface area contributed by atoms with Crippen LogP contribution in [0.1, 0.15) is 49.7 Å². The molecule has 0 aromatic heterocycles. The van der Waals surface area contributed by atoms with Crippen LogP contribution >= 0.6 is 0 Å². The highest BCUT2D eigenvalue weighted by Crippen LogP contribution is 2.29. The minimum atomic E-state index is -0.0311. The number of likely N-dealkylation sites (tertiary alicyclic amines) is 1. The third-order valence-corrected chi connectivity index (χ3v) is 3.84. The zero-order valence-electron chi connectivity index (χ0n) is 11.0. The van der Waals surface area contributed by atoms with Gasteiger partial charge >= 0.3 is 0 Å². The van der Waals surface area contributed by atoms with Gasteiger partial charge in [-0.05, 0) is 62.0 Å². The molecule has 1 fully saturated rings. The molecular formula is C15H22FN. The van der Waals surface area contributed by atoms with Gasteiger partial charge < -0.3 is 4.90 Å². The zero-order chi connectivity index (χ0) is 12.4. The molecule has 0 saturated carbocycles. The van der Waals surface area contributed by atoms with Crippen molar-refractivity contribution in [2.75, 3.05) is 20.1 Å². The van der Waals surface area contributed by atoms with Crippen LogP contribution in [0.2, 0.25) is 0 Å². The Bertz CT molecular complexity index is 379. The second kappa shape index (κ2) is 5.18. The van der Waals surface area contributed by atoms with Crippen molar-refractivity contribution in [3.8, 4) is 0 Å². The highest BCUT2D eigenvalue weighted by atomic mass is 19.1. The van der Waals surface area contributed by atoms with Gasteiger partial charge in [0.2, 0.25) is 0 Å². The molecule has 0 N–H and O–H groups in total. The number of benzene rings is 1. The van der Waals surface area contributed by atoms with Crippen LogP contribution in [-0.4, -0.2) is 25.0 Å². The van der Waals surface area contributed by atoms with E-state index < -0.39 is 0 Å². The molecule has 2 rings (SSSR count). The van der Waals surface area contributed by atoms with Crippen molar-refractivity contribution in [3.05, 3.63) is 35.1 Å². The molecule has 94 valence electrons. The molecule has 1 nitrogen and oxygen atoms in total. The van der Waals surface area contributed by atoms with Crippen LogP contribution in [0.3, 0.4) is 0 Å². The van der Waals surface area contributed by atoms with Crippen molar-refractivity contribution in [2.24, 2.45) is 0 Å². The molecule has 0 atom stereocenters. The van der Waals surface area contributed by atoms with Crippen molar-refractivity contribution >= 4 is 0 Å². The van der Waals surface area contributed by atoms with E-state index in [9.17, 15) is 4.39 Å². The maximum absolute atomic E-state index is 13.9. The SMILES string of the molecule is CC(C)c1ccc(C2CCN(C)CC2)cc1F. The number of nitrogens with zero attached hydrogens (tertiary/aromatic N) is 1. The summed E-state index contributed by atoms with van der Waals surface area (Å²) in [6.45, 7) is 6.32. The minimum Gasteiger partial charge on any atom is -0.306 e. The fourth-order valence-corrected chi connectivity index (χ4v) is 2.61. The highest BCUT2D eigenvalue weighted by Gasteiger charge is 2.19. The van der Waals surface area contributed by atoms with Crippen LogP contribution in [0.15, 0.2) is 18.2 Å². The lowest BCUT2D eigenvalue weighted by Crippen LogP contribution is -2.29. The fourth-order valence-electron chi connectivity index (χ4n) is 2.61. The lowest BCUT2D eigenvalue weighted by molar-refractivity contribution is 0.255. The molecule has 0 radical (unpaired) electrons. The average Bonchev–Trinajstić information content (AvgIpc) is 2.29. The van der Waals surface area contributed by atoms with Crippen LogP contribution in [0.4, 0.5) is 4.39 Å². The standard InChI is InChI=1S/C15H22FN/c1-11(2)14-5-4-13(10-15(14)16)12-6-8-17(3)9-7-12/h4-5,10-12H,6-9H2,1-3H3. The maximum atomic E-state index is 13.9. The first-order valence-corrected chi connectivity index (χ1v) is 6.56. The molecule has 0 unspecified atom stereocenters. The molecule has 2 heteroatoms. The highest BCUT2D eigenvalue weighted by molar-refractivity contribution is 5.29. The van der Waals surface area contributed by atoms with Gasteiger partial charge in [0, 0.05) is 0 Å². The predicted octanol–water partition coefficient (Wildman–Crippen LogP) is 3.76. The molecule has 1 aliphatic rings. The molecular weight excluding hydrogens is 213 g/mol. The summed E-state index contributed by atoms with van der Waals surface area (Å²) >= 11 is 0. The molecule has 1 aromatic carbocycles. The molecule has 1 aromatic rings. The summed E-state index contributed by atoms with van der Waals surface area (Å²) in [5.74, 6) is 0.778. The number of piperidine rings is 1. The van der Waals surface area contributed by atoms with Gasteiger partial charge in [-0.1, -0.05) is 26.0 Å². The van der Waals surface area contributed by atoms with E-state index in [1.807, 2.05) is 19.9 Å².